The summed E-state index contributed by atoms with van der Waals surface area (Å²) in [5.74, 6) is -0.292. The third-order valence-electron chi connectivity index (χ3n) is 4.62. The molecule has 0 bridgehead atoms. The van der Waals surface area contributed by atoms with Crippen molar-refractivity contribution in [3.05, 3.63) is 84.4 Å². The standard InChI is InChI=1S/C24H26N2O7S2/c1-2-3-17-34(28,29)32-21-15-13-20(14-16-21)25-24(27)26-22-11-7-8-12-23(22)33-35(30,31)18-19-9-5-4-6-10-19/h4-16H,2-3,17-18H2,1H3,(H2,25,26,27). The predicted molar refractivity (Wildman–Crippen MR) is 135 cm³/mol. The Morgan fingerprint density at radius 2 is 1.43 bits per heavy atom. The second-order valence-corrected chi connectivity index (χ2v) is 10.8. The van der Waals surface area contributed by atoms with Crippen molar-refractivity contribution in [3.63, 3.8) is 0 Å². The normalized spacial score (nSPS) is 11.5. The largest absolute Gasteiger partial charge is 0.382 e. The van der Waals surface area contributed by atoms with Crippen LogP contribution in [-0.4, -0.2) is 28.6 Å². The van der Waals surface area contributed by atoms with E-state index in [0.717, 1.165) is 6.42 Å². The number of carbonyl (C=O) groups excluding carboxylic acids is 1. The van der Waals surface area contributed by atoms with Gasteiger partial charge in [-0.25, -0.2) is 4.79 Å². The molecule has 0 saturated heterocycles. The minimum atomic E-state index is -3.97. The summed E-state index contributed by atoms with van der Waals surface area (Å²) in [6.07, 6.45) is 1.23. The lowest BCUT2D eigenvalue weighted by Crippen LogP contribution is -2.21. The van der Waals surface area contributed by atoms with Gasteiger partial charge in [-0.2, -0.15) is 16.8 Å². The molecular weight excluding hydrogens is 492 g/mol. The van der Waals surface area contributed by atoms with E-state index in [1.54, 1.807) is 42.5 Å². The van der Waals surface area contributed by atoms with Gasteiger partial charge in [-0.15, -0.1) is 0 Å². The zero-order valence-corrected chi connectivity index (χ0v) is 20.6. The van der Waals surface area contributed by atoms with E-state index in [4.69, 9.17) is 8.37 Å². The van der Waals surface area contributed by atoms with E-state index in [9.17, 15) is 21.6 Å². The fraction of sp³-hybridized carbons (Fsp3) is 0.208. The Kier molecular flexibility index (Phi) is 8.72. The third kappa shape index (κ3) is 8.62. The summed E-state index contributed by atoms with van der Waals surface area (Å²) in [6.45, 7) is 1.88. The summed E-state index contributed by atoms with van der Waals surface area (Å²) in [6, 6.07) is 19.9. The quantitative estimate of drug-likeness (QED) is 0.351. The van der Waals surface area contributed by atoms with Crippen LogP contribution >= 0.6 is 0 Å². The maximum atomic E-state index is 12.5. The van der Waals surface area contributed by atoms with Gasteiger partial charge < -0.3 is 19.0 Å². The van der Waals surface area contributed by atoms with Gasteiger partial charge in [-0.05, 0) is 48.4 Å². The van der Waals surface area contributed by atoms with Crippen molar-refractivity contribution in [2.75, 3.05) is 16.4 Å². The minimum absolute atomic E-state index is 0.0281. The van der Waals surface area contributed by atoms with E-state index in [2.05, 4.69) is 10.6 Å². The summed E-state index contributed by atoms with van der Waals surface area (Å²) < 4.78 is 59.0. The average molecular weight is 519 g/mol. The summed E-state index contributed by atoms with van der Waals surface area (Å²) in [5, 5.41) is 5.14. The lowest BCUT2D eigenvalue weighted by Gasteiger charge is -2.13. The molecule has 3 rings (SSSR count). The van der Waals surface area contributed by atoms with Gasteiger partial charge in [-0.3, -0.25) is 0 Å². The van der Waals surface area contributed by atoms with Crippen molar-refractivity contribution < 1.29 is 30.0 Å². The first-order valence-electron chi connectivity index (χ1n) is 10.8. The Hall–Kier alpha value is -3.57. The molecule has 0 unspecified atom stereocenters. The van der Waals surface area contributed by atoms with E-state index in [1.165, 1.54) is 36.4 Å². The number of unbranched alkanes of at least 4 members (excludes halogenated alkanes) is 1. The Balaban J connectivity index is 1.62. The topological polar surface area (TPSA) is 128 Å². The van der Waals surface area contributed by atoms with Crippen molar-refractivity contribution >= 4 is 37.6 Å². The molecule has 2 amide bonds. The molecule has 0 heterocycles. The number of anilines is 2. The average Bonchev–Trinajstić information content (AvgIpc) is 2.80. The molecule has 186 valence electrons. The summed E-state index contributed by atoms with van der Waals surface area (Å²) in [7, 11) is -7.64. The summed E-state index contributed by atoms with van der Waals surface area (Å²) in [5.41, 5.74) is 1.10. The lowest BCUT2D eigenvalue weighted by atomic mass is 10.2. The molecule has 0 atom stereocenters. The second kappa shape index (κ2) is 11.7. The Morgan fingerprint density at radius 1 is 0.771 bits per heavy atom. The van der Waals surface area contributed by atoms with E-state index >= 15 is 0 Å². The van der Waals surface area contributed by atoms with E-state index in [1.807, 2.05) is 6.92 Å². The minimum Gasteiger partial charge on any atom is -0.382 e. The van der Waals surface area contributed by atoms with Crippen LogP contribution in [0.2, 0.25) is 0 Å². The van der Waals surface area contributed by atoms with Crippen LogP contribution in [0.15, 0.2) is 78.9 Å². The van der Waals surface area contributed by atoms with Crippen LogP contribution in [-0.2, 0) is 26.0 Å². The highest BCUT2D eigenvalue weighted by atomic mass is 32.2. The number of benzene rings is 3. The number of urea groups is 1. The van der Waals surface area contributed by atoms with Crippen LogP contribution in [0.3, 0.4) is 0 Å². The summed E-state index contributed by atoms with van der Waals surface area (Å²) in [4.78, 5) is 12.5. The zero-order chi connectivity index (χ0) is 25.3. The Morgan fingerprint density at radius 3 is 2.11 bits per heavy atom. The zero-order valence-electron chi connectivity index (χ0n) is 19.0. The van der Waals surface area contributed by atoms with Crippen molar-refractivity contribution in [2.24, 2.45) is 0 Å². The molecule has 0 saturated carbocycles. The SMILES string of the molecule is CCCCS(=O)(=O)Oc1ccc(NC(=O)Nc2ccccc2OS(=O)(=O)Cc2ccccc2)cc1. The number of hydrogen-bond donors (Lipinski definition) is 2. The van der Waals surface area contributed by atoms with Crippen molar-refractivity contribution in [2.45, 2.75) is 25.5 Å². The van der Waals surface area contributed by atoms with Crippen LogP contribution in [0, 0.1) is 0 Å². The number of nitrogens with one attached hydrogen (secondary N) is 2. The molecule has 0 spiro atoms. The molecular formula is C24H26N2O7S2. The first-order valence-corrected chi connectivity index (χ1v) is 14.0. The number of rotatable bonds is 11. The van der Waals surface area contributed by atoms with Gasteiger partial charge in [0.05, 0.1) is 11.4 Å². The van der Waals surface area contributed by atoms with Gasteiger partial charge in [0.1, 0.15) is 11.5 Å². The van der Waals surface area contributed by atoms with Crippen LogP contribution < -0.4 is 19.0 Å². The number of para-hydroxylation sites is 2. The van der Waals surface area contributed by atoms with Crippen LogP contribution in [0.5, 0.6) is 11.5 Å². The van der Waals surface area contributed by atoms with Crippen molar-refractivity contribution in [1.82, 2.24) is 0 Å². The van der Waals surface area contributed by atoms with Gasteiger partial charge in [-0.1, -0.05) is 55.8 Å². The Bertz CT molecular complexity index is 1340. The van der Waals surface area contributed by atoms with Crippen molar-refractivity contribution in [1.29, 1.82) is 0 Å². The molecule has 9 nitrogen and oxygen atoms in total. The first-order chi connectivity index (χ1) is 16.7. The molecule has 3 aromatic carbocycles. The van der Waals surface area contributed by atoms with Crippen LogP contribution in [0.4, 0.5) is 16.2 Å². The molecule has 0 aliphatic rings. The van der Waals surface area contributed by atoms with E-state index in [0.29, 0.717) is 17.7 Å². The maximum absolute atomic E-state index is 12.5. The molecule has 3 aromatic rings. The molecule has 0 radical (unpaired) electrons. The number of amides is 2. The van der Waals surface area contributed by atoms with E-state index in [-0.39, 0.29) is 28.7 Å². The molecule has 2 N–H and O–H groups in total. The second-order valence-electron chi connectivity index (χ2n) is 7.57. The highest BCUT2D eigenvalue weighted by Gasteiger charge is 2.17. The highest BCUT2D eigenvalue weighted by molar-refractivity contribution is 7.87. The maximum Gasteiger partial charge on any atom is 0.323 e. The smallest absolute Gasteiger partial charge is 0.323 e. The predicted octanol–water partition coefficient (Wildman–Crippen LogP) is 4.75. The van der Waals surface area contributed by atoms with Gasteiger partial charge >= 0.3 is 26.3 Å². The molecule has 35 heavy (non-hydrogen) atoms. The molecule has 0 aromatic heterocycles. The highest BCUT2D eigenvalue weighted by Crippen LogP contribution is 2.27. The van der Waals surface area contributed by atoms with Gasteiger partial charge in [0.15, 0.2) is 5.75 Å². The first kappa shape index (κ1) is 26.0. The van der Waals surface area contributed by atoms with Gasteiger partial charge in [0.2, 0.25) is 0 Å². The number of carbonyl (C=O) groups is 1. The molecule has 0 aliphatic heterocycles. The number of hydrogen-bond acceptors (Lipinski definition) is 7. The van der Waals surface area contributed by atoms with Crippen LogP contribution in [0.25, 0.3) is 0 Å². The lowest BCUT2D eigenvalue weighted by molar-refractivity contribution is 0.262. The van der Waals surface area contributed by atoms with Gasteiger partial charge in [0, 0.05) is 5.69 Å². The van der Waals surface area contributed by atoms with Crippen molar-refractivity contribution in [3.8, 4) is 11.5 Å². The third-order valence-corrected chi connectivity index (χ3v) is 6.98. The molecule has 0 fully saturated rings. The molecule has 11 heteroatoms. The van der Waals surface area contributed by atoms with Gasteiger partial charge in [0.25, 0.3) is 0 Å². The molecule has 0 aliphatic carbocycles. The summed E-state index contributed by atoms with van der Waals surface area (Å²) >= 11 is 0. The fourth-order valence-electron chi connectivity index (χ4n) is 2.98. The van der Waals surface area contributed by atoms with E-state index < -0.39 is 26.3 Å². The monoisotopic (exact) mass is 518 g/mol. The Labute approximate surface area is 205 Å². The fourth-order valence-corrected chi connectivity index (χ4v) is 5.18. The van der Waals surface area contributed by atoms with Crippen LogP contribution in [0.1, 0.15) is 25.3 Å².